The van der Waals surface area contributed by atoms with E-state index in [1.54, 1.807) is 12.1 Å². The van der Waals surface area contributed by atoms with E-state index in [4.69, 9.17) is 21.1 Å². The van der Waals surface area contributed by atoms with Crippen LogP contribution >= 0.6 is 11.6 Å². The SMILES string of the molecule is COc1cc(Cl)cc(C(=O)NCC2(F)CCN(CC(=O)N3CCOCC3(C)C)CC2)c1. The van der Waals surface area contributed by atoms with Crippen LogP contribution in [0.3, 0.4) is 0 Å². The van der Waals surface area contributed by atoms with Crippen LogP contribution in [0.5, 0.6) is 5.75 Å². The van der Waals surface area contributed by atoms with Crippen LogP contribution in [0.25, 0.3) is 0 Å². The summed E-state index contributed by atoms with van der Waals surface area (Å²) in [4.78, 5) is 29.0. The number of carbonyl (C=O) groups excluding carboxylic acids is 2. The average molecular weight is 456 g/mol. The van der Waals surface area contributed by atoms with Gasteiger partial charge in [0.25, 0.3) is 5.91 Å². The summed E-state index contributed by atoms with van der Waals surface area (Å²) >= 11 is 6.00. The average Bonchev–Trinajstić information content (AvgIpc) is 2.73. The molecule has 0 aromatic heterocycles. The highest BCUT2D eigenvalue weighted by Gasteiger charge is 2.38. The Morgan fingerprint density at radius 1 is 1.23 bits per heavy atom. The molecule has 2 aliphatic rings. The minimum atomic E-state index is -1.50. The number of benzene rings is 1. The molecule has 2 amide bonds. The van der Waals surface area contributed by atoms with Crippen LogP contribution in [0.1, 0.15) is 37.0 Å². The quantitative estimate of drug-likeness (QED) is 0.713. The molecule has 0 saturated carbocycles. The molecule has 0 atom stereocenters. The standard InChI is InChI=1S/C22H31ClFN3O4/c1-21(2)15-31-9-8-27(21)19(28)13-26-6-4-22(24,5-7-26)14-25-20(29)16-10-17(23)12-18(11-16)30-3/h10-12H,4-9,13-15H2,1-3H3,(H,25,29). The van der Waals surface area contributed by atoms with Gasteiger partial charge in [-0.1, -0.05) is 11.6 Å². The van der Waals surface area contributed by atoms with Crippen LogP contribution in [0.4, 0.5) is 4.39 Å². The number of nitrogens with one attached hydrogen (secondary N) is 1. The molecule has 3 rings (SSSR count). The molecule has 31 heavy (non-hydrogen) atoms. The summed E-state index contributed by atoms with van der Waals surface area (Å²) in [5.41, 5.74) is -1.51. The van der Waals surface area contributed by atoms with Crippen molar-refractivity contribution in [3.05, 3.63) is 28.8 Å². The van der Waals surface area contributed by atoms with Gasteiger partial charge in [0.15, 0.2) is 0 Å². The second-order valence-corrected chi connectivity index (χ2v) is 9.34. The Morgan fingerprint density at radius 2 is 1.94 bits per heavy atom. The van der Waals surface area contributed by atoms with Gasteiger partial charge >= 0.3 is 0 Å². The van der Waals surface area contributed by atoms with Gasteiger partial charge in [-0.3, -0.25) is 14.5 Å². The van der Waals surface area contributed by atoms with Crippen LogP contribution in [0.2, 0.25) is 5.02 Å². The number of amides is 2. The zero-order chi connectivity index (χ0) is 22.6. The molecule has 2 heterocycles. The molecule has 0 spiro atoms. The van der Waals surface area contributed by atoms with Crippen molar-refractivity contribution in [1.29, 1.82) is 0 Å². The third-order valence-corrected chi connectivity index (χ3v) is 6.21. The second-order valence-electron chi connectivity index (χ2n) is 8.90. The summed E-state index contributed by atoms with van der Waals surface area (Å²) in [6.07, 6.45) is 0.512. The van der Waals surface area contributed by atoms with Gasteiger partial charge < -0.3 is 19.7 Å². The number of methoxy groups -OCH3 is 1. The van der Waals surface area contributed by atoms with E-state index in [1.165, 1.54) is 13.2 Å². The fourth-order valence-corrected chi connectivity index (χ4v) is 4.26. The molecule has 1 aromatic carbocycles. The van der Waals surface area contributed by atoms with Crippen molar-refractivity contribution in [3.8, 4) is 5.75 Å². The fraction of sp³-hybridized carbons (Fsp3) is 0.636. The number of alkyl halides is 1. The van der Waals surface area contributed by atoms with E-state index in [-0.39, 0.29) is 37.4 Å². The molecule has 1 aromatic rings. The highest BCUT2D eigenvalue weighted by atomic mass is 35.5. The van der Waals surface area contributed by atoms with E-state index >= 15 is 4.39 Å². The number of hydrogen-bond acceptors (Lipinski definition) is 5. The maximum atomic E-state index is 15.3. The first-order valence-electron chi connectivity index (χ1n) is 10.5. The van der Waals surface area contributed by atoms with Crippen LogP contribution in [0.15, 0.2) is 18.2 Å². The molecule has 0 bridgehead atoms. The second kappa shape index (κ2) is 9.71. The van der Waals surface area contributed by atoms with Crippen molar-refractivity contribution >= 4 is 23.4 Å². The predicted molar refractivity (Wildman–Crippen MR) is 116 cm³/mol. The summed E-state index contributed by atoms with van der Waals surface area (Å²) in [7, 11) is 1.49. The number of morpholine rings is 1. The monoisotopic (exact) mass is 455 g/mol. The van der Waals surface area contributed by atoms with Gasteiger partial charge in [-0.05, 0) is 44.9 Å². The zero-order valence-electron chi connectivity index (χ0n) is 18.4. The van der Waals surface area contributed by atoms with E-state index in [0.29, 0.717) is 49.2 Å². The maximum Gasteiger partial charge on any atom is 0.251 e. The number of ether oxygens (including phenoxy) is 2. The van der Waals surface area contributed by atoms with Crippen LogP contribution in [-0.2, 0) is 9.53 Å². The minimum absolute atomic E-state index is 0.0443. The predicted octanol–water partition coefficient (Wildman–Crippen LogP) is 2.52. The first-order chi connectivity index (χ1) is 14.6. The molecule has 0 radical (unpaired) electrons. The molecule has 0 unspecified atom stereocenters. The molecule has 1 N–H and O–H groups in total. The lowest BCUT2D eigenvalue weighted by Gasteiger charge is -2.43. The van der Waals surface area contributed by atoms with E-state index in [2.05, 4.69) is 5.32 Å². The minimum Gasteiger partial charge on any atom is -0.497 e. The molecule has 2 aliphatic heterocycles. The smallest absolute Gasteiger partial charge is 0.251 e. The largest absolute Gasteiger partial charge is 0.497 e. The van der Waals surface area contributed by atoms with Gasteiger partial charge in [-0.2, -0.15) is 0 Å². The normalized spacial score (nSPS) is 20.9. The number of hydrogen-bond donors (Lipinski definition) is 1. The van der Waals surface area contributed by atoms with Crippen molar-refractivity contribution in [2.24, 2.45) is 0 Å². The van der Waals surface area contributed by atoms with Crippen LogP contribution in [-0.4, -0.2) is 85.9 Å². The molecule has 0 aliphatic carbocycles. The lowest BCUT2D eigenvalue weighted by atomic mass is 9.93. The van der Waals surface area contributed by atoms with Crippen molar-refractivity contribution in [3.63, 3.8) is 0 Å². The lowest BCUT2D eigenvalue weighted by Crippen LogP contribution is -2.58. The number of halogens is 2. The zero-order valence-corrected chi connectivity index (χ0v) is 19.1. The van der Waals surface area contributed by atoms with Crippen molar-refractivity contribution in [1.82, 2.24) is 15.1 Å². The Morgan fingerprint density at radius 3 is 2.58 bits per heavy atom. The number of rotatable bonds is 6. The Labute approximate surface area is 187 Å². The Kier molecular flexibility index (Phi) is 7.44. The third-order valence-electron chi connectivity index (χ3n) is 5.99. The maximum absolute atomic E-state index is 15.3. The summed E-state index contributed by atoms with van der Waals surface area (Å²) in [5, 5.41) is 3.05. The number of carbonyl (C=O) groups is 2. The van der Waals surface area contributed by atoms with Crippen LogP contribution in [0, 0.1) is 0 Å². The lowest BCUT2D eigenvalue weighted by molar-refractivity contribution is -0.148. The third kappa shape index (κ3) is 6.08. The fourth-order valence-electron chi connectivity index (χ4n) is 4.04. The van der Waals surface area contributed by atoms with Crippen molar-refractivity contribution in [2.75, 3.05) is 53.0 Å². The van der Waals surface area contributed by atoms with E-state index in [0.717, 1.165) is 0 Å². The highest BCUT2D eigenvalue weighted by molar-refractivity contribution is 6.31. The summed E-state index contributed by atoms with van der Waals surface area (Å²) in [6, 6.07) is 4.68. The Hall–Kier alpha value is -1.90. The molecule has 2 saturated heterocycles. The first kappa shape index (κ1) is 23.8. The number of nitrogens with zero attached hydrogens (tertiary/aromatic N) is 2. The van der Waals surface area contributed by atoms with Gasteiger partial charge in [0.1, 0.15) is 11.4 Å². The summed E-state index contributed by atoms with van der Waals surface area (Å²) in [6.45, 7) is 6.74. The van der Waals surface area contributed by atoms with E-state index in [9.17, 15) is 9.59 Å². The van der Waals surface area contributed by atoms with Gasteiger partial charge in [0, 0.05) is 30.2 Å². The van der Waals surface area contributed by atoms with E-state index < -0.39 is 11.6 Å². The summed E-state index contributed by atoms with van der Waals surface area (Å²) < 4.78 is 25.9. The molecule has 7 nitrogen and oxygen atoms in total. The molecular formula is C22H31ClFN3O4. The number of piperidine rings is 1. The topological polar surface area (TPSA) is 71.1 Å². The van der Waals surface area contributed by atoms with Gasteiger partial charge in [-0.25, -0.2) is 4.39 Å². The Balaban J connectivity index is 1.48. The summed E-state index contributed by atoms with van der Waals surface area (Å²) in [5.74, 6) is 0.113. The van der Waals surface area contributed by atoms with Crippen molar-refractivity contribution in [2.45, 2.75) is 37.9 Å². The van der Waals surface area contributed by atoms with Crippen LogP contribution < -0.4 is 10.1 Å². The van der Waals surface area contributed by atoms with Gasteiger partial charge in [0.05, 0.1) is 39.0 Å². The van der Waals surface area contributed by atoms with E-state index in [1.807, 2.05) is 23.6 Å². The van der Waals surface area contributed by atoms with Gasteiger partial charge in [0.2, 0.25) is 5.91 Å². The van der Waals surface area contributed by atoms with Gasteiger partial charge in [-0.15, -0.1) is 0 Å². The van der Waals surface area contributed by atoms with Crippen molar-refractivity contribution < 1.29 is 23.5 Å². The molecular weight excluding hydrogens is 425 g/mol. The molecule has 2 fully saturated rings. The highest BCUT2D eigenvalue weighted by Crippen LogP contribution is 2.27. The molecule has 9 heteroatoms. The number of likely N-dealkylation sites (tertiary alicyclic amines) is 1. The molecule has 172 valence electrons. The Bertz CT molecular complexity index is 812. The first-order valence-corrected chi connectivity index (χ1v) is 10.9.